The summed E-state index contributed by atoms with van der Waals surface area (Å²) in [5.41, 5.74) is 3.79. The van der Waals surface area contributed by atoms with E-state index in [0.29, 0.717) is 16.0 Å². The molecule has 2 aromatic heterocycles. The topological polar surface area (TPSA) is 59.8 Å². The summed E-state index contributed by atoms with van der Waals surface area (Å²) < 4.78 is 2.43. The number of nitrogens with one attached hydrogen (secondary N) is 1. The first-order valence-electron chi connectivity index (χ1n) is 8.05. The summed E-state index contributed by atoms with van der Waals surface area (Å²) in [5.74, 6) is -0.0232. The van der Waals surface area contributed by atoms with Crippen molar-refractivity contribution in [2.45, 2.75) is 26.7 Å². The molecule has 0 fully saturated rings. The summed E-state index contributed by atoms with van der Waals surface area (Å²) >= 11 is 3.38. The van der Waals surface area contributed by atoms with E-state index in [2.05, 4.69) is 45.2 Å². The van der Waals surface area contributed by atoms with Gasteiger partial charge in [-0.3, -0.25) is 4.79 Å². The van der Waals surface area contributed by atoms with E-state index in [0.717, 1.165) is 17.1 Å². The number of aryl methyl sites for hydroxylation is 1. The molecular weight excluding hydrogens is 380 g/mol. The predicted octanol–water partition coefficient (Wildman–Crippen LogP) is 4.71. The van der Waals surface area contributed by atoms with Crippen molar-refractivity contribution in [2.75, 3.05) is 5.32 Å². The summed E-state index contributed by atoms with van der Waals surface area (Å²) in [5, 5.41) is 7.37. The van der Waals surface area contributed by atoms with Crippen LogP contribution in [0, 0.1) is 6.92 Å². The van der Waals surface area contributed by atoms with Gasteiger partial charge in [-0.15, -0.1) is 0 Å². The van der Waals surface area contributed by atoms with E-state index in [4.69, 9.17) is 0 Å². The number of amides is 1. The Kier molecular flexibility index (Phi) is 4.99. The fourth-order valence-electron chi connectivity index (χ4n) is 2.50. The second kappa shape index (κ2) is 7.19. The summed E-state index contributed by atoms with van der Waals surface area (Å²) in [6, 6.07) is 15.3. The molecule has 0 unspecified atom stereocenters. The molecule has 0 saturated carbocycles. The first-order chi connectivity index (χ1) is 12.0. The van der Waals surface area contributed by atoms with Crippen LogP contribution >= 0.6 is 15.9 Å². The predicted molar refractivity (Wildman–Crippen MR) is 102 cm³/mol. The van der Waals surface area contributed by atoms with Crippen molar-refractivity contribution < 1.29 is 4.79 Å². The van der Waals surface area contributed by atoms with E-state index >= 15 is 0 Å². The van der Waals surface area contributed by atoms with E-state index in [9.17, 15) is 4.79 Å². The van der Waals surface area contributed by atoms with Crippen molar-refractivity contribution in [3.8, 4) is 5.69 Å². The van der Waals surface area contributed by atoms with Gasteiger partial charge in [-0.2, -0.15) is 5.10 Å². The Bertz CT molecular complexity index is 903. The third-order valence-electron chi connectivity index (χ3n) is 3.80. The Hall–Kier alpha value is -2.47. The van der Waals surface area contributed by atoms with Gasteiger partial charge < -0.3 is 5.32 Å². The first kappa shape index (κ1) is 17.4. The third kappa shape index (κ3) is 3.79. The smallest absolute Gasteiger partial charge is 0.276 e. The molecule has 0 aliphatic carbocycles. The van der Waals surface area contributed by atoms with E-state index in [1.807, 2.05) is 60.1 Å². The van der Waals surface area contributed by atoms with Crippen LogP contribution < -0.4 is 5.32 Å². The number of anilines is 1. The molecule has 1 amide bonds. The maximum Gasteiger partial charge on any atom is 0.276 e. The fraction of sp³-hybridized carbons (Fsp3) is 0.211. The molecule has 3 aromatic rings. The maximum atomic E-state index is 12.6. The van der Waals surface area contributed by atoms with Crippen LogP contribution in [0.5, 0.6) is 0 Å². The molecule has 0 aliphatic heterocycles. The minimum absolute atomic E-state index is 0.238. The largest absolute Gasteiger partial charge is 0.318 e. The van der Waals surface area contributed by atoms with Crippen LogP contribution in [-0.2, 0) is 0 Å². The van der Waals surface area contributed by atoms with Gasteiger partial charge in [0.1, 0.15) is 4.60 Å². The lowest BCUT2D eigenvalue weighted by atomic mass is 10.1. The molecule has 3 rings (SSSR count). The summed E-state index contributed by atoms with van der Waals surface area (Å²) in [4.78, 5) is 16.9. The molecule has 128 valence electrons. The molecule has 0 aliphatic rings. The van der Waals surface area contributed by atoms with Gasteiger partial charge >= 0.3 is 0 Å². The van der Waals surface area contributed by atoms with Gasteiger partial charge in [-0.25, -0.2) is 9.67 Å². The number of aromatic nitrogens is 3. The zero-order chi connectivity index (χ0) is 18.0. The minimum atomic E-state index is -0.261. The molecule has 25 heavy (non-hydrogen) atoms. The Balaban J connectivity index is 1.93. The van der Waals surface area contributed by atoms with Crippen LogP contribution in [0.3, 0.4) is 0 Å². The van der Waals surface area contributed by atoms with Gasteiger partial charge in [-0.05, 0) is 59.1 Å². The number of hydrogen-bond acceptors (Lipinski definition) is 3. The number of halogens is 1. The summed E-state index contributed by atoms with van der Waals surface area (Å²) in [6.45, 7) is 6.06. The van der Waals surface area contributed by atoms with Crippen molar-refractivity contribution in [1.29, 1.82) is 0 Å². The molecule has 0 atom stereocenters. The monoisotopic (exact) mass is 398 g/mol. The van der Waals surface area contributed by atoms with Gasteiger partial charge in [0.15, 0.2) is 5.69 Å². The van der Waals surface area contributed by atoms with E-state index in [-0.39, 0.29) is 11.8 Å². The van der Waals surface area contributed by atoms with Gasteiger partial charge in [-0.1, -0.05) is 32.0 Å². The van der Waals surface area contributed by atoms with Crippen LogP contribution in [-0.4, -0.2) is 20.7 Å². The molecule has 0 bridgehead atoms. The second-order valence-corrected chi connectivity index (χ2v) is 6.85. The molecule has 5 nitrogen and oxygen atoms in total. The van der Waals surface area contributed by atoms with Crippen LogP contribution in [0.25, 0.3) is 5.69 Å². The molecule has 0 spiro atoms. The van der Waals surface area contributed by atoms with E-state index < -0.39 is 0 Å². The third-order valence-corrected chi connectivity index (χ3v) is 4.40. The molecule has 6 heteroatoms. The Labute approximate surface area is 155 Å². The highest BCUT2D eigenvalue weighted by Crippen LogP contribution is 2.23. The molecule has 1 aromatic carbocycles. The van der Waals surface area contributed by atoms with Gasteiger partial charge in [0.05, 0.1) is 11.4 Å². The van der Waals surface area contributed by atoms with Gasteiger partial charge in [0.25, 0.3) is 5.91 Å². The van der Waals surface area contributed by atoms with Crippen molar-refractivity contribution in [2.24, 2.45) is 0 Å². The van der Waals surface area contributed by atoms with Crippen LogP contribution in [0.4, 0.5) is 5.69 Å². The lowest BCUT2D eigenvalue weighted by molar-refractivity contribution is 0.102. The number of carbonyl (C=O) groups is 1. The normalized spacial score (nSPS) is 10.9. The highest BCUT2D eigenvalue weighted by Gasteiger charge is 2.18. The Morgan fingerprint density at radius 3 is 2.52 bits per heavy atom. The van der Waals surface area contributed by atoms with E-state index in [1.165, 1.54) is 0 Å². The molecule has 2 heterocycles. The molecule has 1 N–H and O–H groups in total. The summed E-state index contributed by atoms with van der Waals surface area (Å²) in [6.07, 6.45) is 0. The van der Waals surface area contributed by atoms with Crippen molar-refractivity contribution >= 4 is 27.5 Å². The number of para-hydroxylation sites is 1. The number of hydrogen-bond donors (Lipinski definition) is 1. The number of pyridine rings is 1. The van der Waals surface area contributed by atoms with Crippen molar-refractivity contribution in [3.05, 3.63) is 70.2 Å². The molecular formula is C19H19BrN4O. The first-order valence-corrected chi connectivity index (χ1v) is 8.85. The number of rotatable bonds is 4. The average molecular weight is 399 g/mol. The van der Waals surface area contributed by atoms with Crippen LogP contribution in [0.1, 0.15) is 41.6 Å². The SMILES string of the molecule is Cc1ccc(NC(=O)c2cc(C(C)C)n(-c3ccccc3)n2)c(Br)n1. The lowest BCUT2D eigenvalue weighted by Crippen LogP contribution is -2.14. The van der Waals surface area contributed by atoms with Crippen molar-refractivity contribution in [3.63, 3.8) is 0 Å². The van der Waals surface area contributed by atoms with Crippen LogP contribution in [0.15, 0.2) is 53.1 Å². The fourth-order valence-corrected chi connectivity index (χ4v) is 3.01. The highest BCUT2D eigenvalue weighted by atomic mass is 79.9. The quantitative estimate of drug-likeness (QED) is 0.647. The zero-order valence-corrected chi connectivity index (χ0v) is 15.9. The molecule has 0 radical (unpaired) electrons. The Morgan fingerprint density at radius 1 is 1.16 bits per heavy atom. The highest BCUT2D eigenvalue weighted by molar-refractivity contribution is 9.10. The minimum Gasteiger partial charge on any atom is -0.318 e. The standard InChI is InChI=1S/C19H19BrN4O/c1-12(2)17-11-16(23-24(17)14-7-5-4-6-8-14)19(25)22-15-10-9-13(3)21-18(15)20/h4-12H,1-3H3,(H,22,25). The number of carbonyl (C=O) groups excluding carboxylic acids is 1. The Morgan fingerprint density at radius 2 is 1.88 bits per heavy atom. The van der Waals surface area contributed by atoms with Gasteiger partial charge in [0.2, 0.25) is 0 Å². The number of nitrogens with zero attached hydrogens (tertiary/aromatic N) is 3. The van der Waals surface area contributed by atoms with Crippen molar-refractivity contribution in [1.82, 2.24) is 14.8 Å². The average Bonchev–Trinajstić information content (AvgIpc) is 3.04. The maximum absolute atomic E-state index is 12.6. The van der Waals surface area contributed by atoms with E-state index in [1.54, 1.807) is 0 Å². The molecule has 0 saturated heterocycles. The summed E-state index contributed by atoms with van der Waals surface area (Å²) in [7, 11) is 0. The van der Waals surface area contributed by atoms with Gasteiger partial charge in [0, 0.05) is 11.4 Å². The zero-order valence-electron chi connectivity index (χ0n) is 14.3. The number of benzene rings is 1. The van der Waals surface area contributed by atoms with Crippen LogP contribution in [0.2, 0.25) is 0 Å². The second-order valence-electron chi connectivity index (χ2n) is 6.10. The lowest BCUT2D eigenvalue weighted by Gasteiger charge is -2.09.